The summed E-state index contributed by atoms with van der Waals surface area (Å²) in [4.78, 5) is 14.6. The van der Waals surface area contributed by atoms with Crippen LogP contribution in [-0.2, 0) is 11.8 Å². The van der Waals surface area contributed by atoms with Gasteiger partial charge in [0.05, 0.1) is 12.2 Å². The zero-order valence-corrected chi connectivity index (χ0v) is 15.0. The Morgan fingerprint density at radius 3 is 2.92 bits per heavy atom. The molecule has 0 bridgehead atoms. The molecule has 1 fully saturated rings. The molecular formula is C19H25N4O2. The Labute approximate surface area is 148 Å². The lowest BCUT2D eigenvalue weighted by atomic mass is 10.1. The molecule has 2 atom stereocenters. The fraction of sp³-hybridized carbons (Fsp3) is 0.474. The number of hydrogen-bond donors (Lipinski definition) is 1. The summed E-state index contributed by atoms with van der Waals surface area (Å²) in [6.45, 7) is 2.97. The van der Waals surface area contributed by atoms with E-state index in [4.69, 9.17) is 4.74 Å². The van der Waals surface area contributed by atoms with Crippen molar-refractivity contribution >= 4 is 5.91 Å². The van der Waals surface area contributed by atoms with Gasteiger partial charge in [0.15, 0.2) is 6.23 Å². The van der Waals surface area contributed by atoms with E-state index in [1.165, 1.54) is 0 Å². The quantitative estimate of drug-likeness (QED) is 0.819. The Morgan fingerprint density at radius 2 is 2.28 bits per heavy atom. The van der Waals surface area contributed by atoms with Crippen molar-refractivity contribution in [1.82, 2.24) is 20.0 Å². The lowest BCUT2D eigenvalue weighted by Gasteiger charge is -2.24. The standard InChI is InChI=1S/C19H25N4O2/c1-4-18(21-19(24)17-9-6-10-22(17)2)25-16-8-5-7-14(11-16)15-12-20-23(3)13-15/h7-8,11-13,17-18H,4,6,9-10H2,1-3H3,(H,21,24). The molecule has 1 N–H and O–H groups in total. The lowest BCUT2D eigenvalue weighted by molar-refractivity contribution is -0.127. The number of aryl methyl sites for hydroxylation is 1. The molecule has 25 heavy (non-hydrogen) atoms. The molecule has 0 spiro atoms. The maximum Gasteiger partial charge on any atom is 0.240 e. The number of carbonyl (C=O) groups excluding carboxylic acids is 1. The third kappa shape index (κ3) is 4.20. The number of ether oxygens (including phenoxy) is 1. The van der Waals surface area contributed by atoms with Gasteiger partial charge in [0.1, 0.15) is 5.75 Å². The van der Waals surface area contributed by atoms with Crippen LogP contribution in [0, 0.1) is 6.07 Å². The van der Waals surface area contributed by atoms with Crippen LogP contribution in [0.1, 0.15) is 26.2 Å². The van der Waals surface area contributed by atoms with Crippen molar-refractivity contribution in [2.24, 2.45) is 7.05 Å². The molecule has 2 aromatic rings. The molecule has 0 saturated carbocycles. The molecule has 1 aromatic heterocycles. The molecule has 1 aliphatic heterocycles. The van der Waals surface area contributed by atoms with Crippen LogP contribution in [0.15, 0.2) is 30.6 Å². The number of likely N-dealkylation sites (N-methyl/N-ethyl adjacent to an activating group) is 1. The molecule has 0 aliphatic carbocycles. The van der Waals surface area contributed by atoms with Gasteiger partial charge in [-0.25, -0.2) is 0 Å². The SMILES string of the molecule is CCC(NC(=O)C1CCCN1C)Oc1c[c]cc(-c2cnn(C)c2)c1. The second kappa shape index (κ2) is 7.70. The van der Waals surface area contributed by atoms with Crippen LogP contribution in [-0.4, -0.2) is 46.4 Å². The normalized spacial score (nSPS) is 18.9. The Bertz CT molecular complexity index is 728. The highest BCUT2D eigenvalue weighted by atomic mass is 16.5. The van der Waals surface area contributed by atoms with Crippen LogP contribution in [0.25, 0.3) is 11.1 Å². The van der Waals surface area contributed by atoms with E-state index in [9.17, 15) is 4.79 Å². The van der Waals surface area contributed by atoms with E-state index in [-0.39, 0.29) is 18.2 Å². The molecule has 3 rings (SSSR count). The van der Waals surface area contributed by atoms with Gasteiger partial charge in [-0.1, -0.05) is 6.92 Å². The lowest BCUT2D eigenvalue weighted by Crippen LogP contribution is -2.47. The third-order valence-electron chi connectivity index (χ3n) is 4.58. The maximum absolute atomic E-state index is 12.5. The fourth-order valence-electron chi connectivity index (χ4n) is 3.13. The Morgan fingerprint density at radius 1 is 1.44 bits per heavy atom. The van der Waals surface area contributed by atoms with Crippen molar-refractivity contribution in [1.29, 1.82) is 0 Å². The average Bonchev–Trinajstić information content (AvgIpc) is 3.23. The number of amides is 1. The van der Waals surface area contributed by atoms with Crippen LogP contribution < -0.4 is 10.1 Å². The summed E-state index contributed by atoms with van der Waals surface area (Å²) in [5.41, 5.74) is 2.00. The van der Waals surface area contributed by atoms with Crippen molar-refractivity contribution < 1.29 is 9.53 Å². The largest absolute Gasteiger partial charge is 0.471 e. The van der Waals surface area contributed by atoms with E-state index >= 15 is 0 Å². The highest BCUT2D eigenvalue weighted by Gasteiger charge is 2.29. The monoisotopic (exact) mass is 341 g/mol. The van der Waals surface area contributed by atoms with Gasteiger partial charge in [0.25, 0.3) is 0 Å². The fourth-order valence-corrected chi connectivity index (χ4v) is 3.13. The number of likely N-dealkylation sites (tertiary alicyclic amines) is 1. The predicted octanol–water partition coefficient (Wildman–Crippen LogP) is 2.21. The van der Waals surface area contributed by atoms with E-state index in [2.05, 4.69) is 21.4 Å². The first kappa shape index (κ1) is 17.5. The van der Waals surface area contributed by atoms with E-state index in [0.29, 0.717) is 12.2 Å². The molecule has 2 heterocycles. The van der Waals surface area contributed by atoms with Crippen LogP contribution >= 0.6 is 0 Å². The molecule has 2 unspecified atom stereocenters. The second-order valence-corrected chi connectivity index (χ2v) is 6.52. The first-order valence-corrected chi connectivity index (χ1v) is 8.74. The van der Waals surface area contributed by atoms with Crippen LogP contribution in [0.4, 0.5) is 0 Å². The minimum atomic E-state index is -0.348. The second-order valence-electron chi connectivity index (χ2n) is 6.52. The molecule has 1 saturated heterocycles. The van der Waals surface area contributed by atoms with Crippen LogP contribution in [0.2, 0.25) is 0 Å². The summed E-state index contributed by atoms with van der Waals surface area (Å²) < 4.78 is 7.75. The van der Waals surface area contributed by atoms with Gasteiger partial charge in [0, 0.05) is 25.2 Å². The topological polar surface area (TPSA) is 59.4 Å². The van der Waals surface area contributed by atoms with E-state index < -0.39 is 0 Å². The number of rotatable bonds is 6. The average molecular weight is 341 g/mol. The summed E-state index contributed by atoms with van der Waals surface area (Å²) >= 11 is 0. The molecule has 6 nitrogen and oxygen atoms in total. The summed E-state index contributed by atoms with van der Waals surface area (Å²) in [6.07, 6.45) is 6.07. The van der Waals surface area contributed by atoms with Gasteiger partial charge in [-0.15, -0.1) is 0 Å². The highest BCUT2D eigenvalue weighted by Crippen LogP contribution is 2.24. The van der Waals surface area contributed by atoms with E-state index in [1.807, 2.05) is 45.5 Å². The minimum absolute atomic E-state index is 0.0410. The highest BCUT2D eigenvalue weighted by molar-refractivity contribution is 5.82. The van der Waals surface area contributed by atoms with Crippen molar-refractivity contribution in [3.63, 3.8) is 0 Å². The number of hydrogen-bond acceptors (Lipinski definition) is 4. The molecule has 6 heteroatoms. The van der Waals surface area contributed by atoms with Gasteiger partial charge in [-0.2, -0.15) is 5.10 Å². The third-order valence-corrected chi connectivity index (χ3v) is 4.58. The first-order chi connectivity index (χ1) is 12.1. The van der Waals surface area contributed by atoms with Gasteiger partial charge in [-0.05, 0) is 56.3 Å². The number of aromatic nitrogens is 2. The van der Waals surface area contributed by atoms with Crippen molar-refractivity contribution in [3.8, 4) is 16.9 Å². The number of carbonyl (C=O) groups is 1. The summed E-state index contributed by atoms with van der Waals surface area (Å²) in [7, 11) is 3.88. The molecule has 133 valence electrons. The minimum Gasteiger partial charge on any atom is -0.471 e. The maximum atomic E-state index is 12.5. The molecule has 1 aromatic carbocycles. The summed E-state index contributed by atoms with van der Waals surface area (Å²) in [5.74, 6) is 0.729. The van der Waals surface area contributed by atoms with Crippen molar-refractivity contribution in [2.75, 3.05) is 13.6 Å². The molecule has 1 amide bonds. The van der Waals surface area contributed by atoms with Crippen molar-refractivity contribution in [3.05, 3.63) is 36.7 Å². The zero-order chi connectivity index (χ0) is 17.8. The van der Waals surface area contributed by atoms with Gasteiger partial charge >= 0.3 is 0 Å². The van der Waals surface area contributed by atoms with Crippen LogP contribution in [0.5, 0.6) is 5.75 Å². The Balaban J connectivity index is 1.66. The van der Waals surface area contributed by atoms with Gasteiger partial charge in [0.2, 0.25) is 5.91 Å². The Hall–Kier alpha value is -2.34. The van der Waals surface area contributed by atoms with Crippen molar-refractivity contribution in [2.45, 2.75) is 38.5 Å². The molecule has 1 radical (unpaired) electrons. The number of nitrogens with one attached hydrogen (secondary N) is 1. The van der Waals surface area contributed by atoms with Crippen LogP contribution in [0.3, 0.4) is 0 Å². The summed E-state index contributed by atoms with van der Waals surface area (Å²) in [6, 6.07) is 8.69. The van der Waals surface area contributed by atoms with E-state index in [0.717, 1.165) is 30.5 Å². The number of benzene rings is 1. The molecule has 1 aliphatic rings. The summed E-state index contributed by atoms with van der Waals surface area (Å²) in [5, 5.41) is 7.21. The zero-order valence-electron chi connectivity index (χ0n) is 15.0. The first-order valence-electron chi connectivity index (χ1n) is 8.74. The smallest absolute Gasteiger partial charge is 0.240 e. The van der Waals surface area contributed by atoms with Gasteiger partial charge < -0.3 is 10.1 Å². The number of nitrogens with zero attached hydrogens (tertiary/aromatic N) is 3. The molecular weight excluding hydrogens is 316 g/mol. The van der Waals surface area contributed by atoms with Gasteiger partial charge in [-0.3, -0.25) is 14.4 Å². The predicted molar refractivity (Wildman–Crippen MR) is 96.0 cm³/mol. The Kier molecular flexibility index (Phi) is 5.38. The van der Waals surface area contributed by atoms with E-state index in [1.54, 1.807) is 10.7 Å².